The highest BCUT2D eigenvalue weighted by Crippen LogP contribution is 2.32. The van der Waals surface area contributed by atoms with E-state index in [1.54, 1.807) is 39.0 Å². The normalized spacial score (nSPS) is 12.5. The first-order valence-corrected chi connectivity index (χ1v) is 10.2. The number of aryl methyl sites for hydroxylation is 1. The first-order chi connectivity index (χ1) is 14.7. The number of carbonyl (C=O) groups is 2. The van der Waals surface area contributed by atoms with Crippen LogP contribution in [0.2, 0.25) is 5.02 Å². The Kier molecular flexibility index (Phi) is 7.72. The Labute approximate surface area is 190 Å². The summed E-state index contributed by atoms with van der Waals surface area (Å²) < 4.78 is 39.1. The molecule has 32 heavy (non-hydrogen) atoms. The number of hydrogen-bond donors (Lipinski definition) is 1. The van der Waals surface area contributed by atoms with Gasteiger partial charge >= 0.3 is 6.18 Å². The van der Waals surface area contributed by atoms with Crippen molar-refractivity contribution in [2.75, 3.05) is 6.54 Å². The van der Waals surface area contributed by atoms with Gasteiger partial charge in [-0.3, -0.25) is 9.59 Å². The summed E-state index contributed by atoms with van der Waals surface area (Å²) in [5, 5.41) is 8.54. The highest BCUT2D eigenvalue weighted by atomic mass is 35.5. The Hall–Kier alpha value is -2.87. The van der Waals surface area contributed by atoms with Gasteiger partial charge in [0.1, 0.15) is 6.54 Å². The van der Waals surface area contributed by atoms with Crippen molar-refractivity contribution in [3.63, 3.8) is 0 Å². The molecule has 0 aliphatic heterocycles. The van der Waals surface area contributed by atoms with E-state index in [9.17, 15) is 22.8 Å². The van der Waals surface area contributed by atoms with Crippen LogP contribution in [0.15, 0.2) is 47.6 Å². The fourth-order valence-corrected chi connectivity index (χ4v) is 3.39. The Balaban J connectivity index is 2.20. The molecule has 2 amide bonds. The Morgan fingerprint density at radius 2 is 1.69 bits per heavy atom. The van der Waals surface area contributed by atoms with Gasteiger partial charge in [-0.05, 0) is 63.1 Å². The second kappa shape index (κ2) is 9.73. The fraction of sp³-hybridized carbons (Fsp3) is 0.348. The molecular weight excluding hydrogens is 443 g/mol. The van der Waals surface area contributed by atoms with Gasteiger partial charge in [-0.15, -0.1) is 0 Å². The standard InChI is InChI=1S/C23H25ClF3N3O2/c1-14-11-19(24)9-10-20(14)15(2)29-30(16(3)31)13-21(32)28-22(4,5)17-7-6-8-18(12-17)23(25,26)27/h6-12H,13H2,1-5H3,(H,28,32)/b29-15+. The molecule has 0 heterocycles. The van der Waals surface area contributed by atoms with Crippen LogP contribution in [-0.2, 0) is 21.3 Å². The monoisotopic (exact) mass is 467 g/mol. The summed E-state index contributed by atoms with van der Waals surface area (Å²) in [6.07, 6.45) is -4.49. The van der Waals surface area contributed by atoms with E-state index < -0.39 is 29.1 Å². The molecule has 0 saturated carbocycles. The summed E-state index contributed by atoms with van der Waals surface area (Å²) in [5.74, 6) is -1.02. The fourth-order valence-electron chi connectivity index (χ4n) is 3.17. The molecule has 172 valence electrons. The lowest BCUT2D eigenvalue weighted by molar-refractivity contribution is -0.137. The Morgan fingerprint density at radius 1 is 1.06 bits per heavy atom. The number of hydrogen-bond acceptors (Lipinski definition) is 3. The summed E-state index contributed by atoms with van der Waals surface area (Å²) in [5.41, 5.74) is 0.515. The van der Waals surface area contributed by atoms with Crippen molar-refractivity contribution in [3.05, 3.63) is 69.7 Å². The first-order valence-electron chi connectivity index (χ1n) is 9.79. The largest absolute Gasteiger partial charge is 0.416 e. The molecule has 9 heteroatoms. The SMILES string of the molecule is CC(=O)N(CC(=O)NC(C)(C)c1cccc(C(F)(F)F)c1)/N=C(\C)c1ccc(Cl)cc1C. The molecule has 2 rings (SSSR count). The highest BCUT2D eigenvalue weighted by Gasteiger charge is 2.32. The third kappa shape index (κ3) is 6.56. The van der Waals surface area contributed by atoms with Gasteiger partial charge in [-0.25, -0.2) is 5.01 Å². The molecule has 5 nitrogen and oxygen atoms in total. The zero-order valence-corrected chi connectivity index (χ0v) is 19.2. The minimum Gasteiger partial charge on any atom is -0.346 e. The predicted octanol–water partition coefficient (Wildman–Crippen LogP) is 5.29. The molecule has 0 fully saturated rings. The van der Waals surface area contributed by atoms with E-state index in [0.717, 1.165) is 28.3 Å². The number of nitrogens with one attached hydrogen (secondary N) is 1. The summed E-state index contributed by atoms with van der Waals surface area (Å²) in [7, 11) is 0. The molecule has 2 aromatic rings. The lowest BCUT2D eigenvalue weighted by Gasteiger charge is -2.28. The predicted molar refractivity (Wildman–Crippen MR) is 118 cm³/mol. The van der Waals surface area contributed by atoms with E-state index in [0.29, 0.717) is 10.7 Å². The van der Waals surface area contributed by atoms with Crippen molar-refractivity contribution in [2.45, 2.75) is 46.3 Å². The molecule has 0 aromatic heterocycles. The molecule has 0 radical (unpaired) electrons. The van der Waals surface area contributed by atoms with Crippen molar-refractivity contribution in [1.82, 2.24) is 10.3 Å². The second-order valence-electron chi connectivity index (χ2n) is 7.97. The first kappa shape index (κ1) is 25.4. The number of benzene rings is 2. The van der Waals surface area contributed by atoms with Crippen LogP contribution in [-0.4, -0.2) is 29.1 Å². The number of halogens is 4. The van der Waals surface area contributed by atoms with E-state index in [-0.39, 0.29) is 12.1 Å². The van der Waals surface area contributed by atoms with E-state index in [4.69, 9.17) is 11.6 Å². The average molecular weight is 468 g/mol. The van der Waals surface area contributed by atoms with Gasteiger partial charge in [0.15, 0.2) is 0 Å². The van der Waals surface area contributed by atoms with Crippen molar-refractivity contribution < 1.29 is 22.8 Å². The minimum absolute atomic E-state index is 0.284. The zero-order valence-electron chi connectivity index (χ0n) is 18.5. The van der Waals surface area contributed by atoms with Crippen LogP contribution >= 0.6 is 11.6 Å². The molecule has 0 spiro atoms. The molecule has 0 saturated heterocycles. The van der Waals surface area contributed by atoms with Crippen LogP contribution in [0.1, 0.15) is 49.9 Å². The lowest BCUT2D eigenvalue weighted by Crippen LogP contribution is -2.46. The van der Waals surface area contributed by atoms with Crippen molar-refractivity contribution in [2.24, 2.45) is 5.10 Å². The van der Waals surface area contributed by atoms with Crippen LogP contribution in [0.4, 0.5) is 13.2 Å². The van der Waals surface area contributed by atoms with Gasteiger partial charge < -0.3 is 5.32 Å². The maximum atomic E-state index is 13.0. The van der Waals surface area contributed by atoms with E-state index in [1.807, 2.05) is 6.92 Å². The van der Waals surface area contributed by atoms with Gasteiger partial charge in [-0.2, -0.15) is 18.3 Å². The minimum atomic E-state index is -4.49. The highest BCUT2D eigenvalue weighted by molar-refractivity contribution is 6.30. The van der Waals surface area contributed by atoms with E-state index >= 15 is 0 Å². The number of alkyl halides is 3. The molecule has 0 atom stereocenters. The van der Waals surface area contributed by atoms with Gasteiger partial charge in [0, 0.05) is 17.5 Å². The molecular formula is C23H25ClF3N3O2. The van der Waals surface area contributed by atoms with Crippen molar-refractivity contribution >= 4 is 29.1 Å². The van der Waals surface area contributed by atoms with Gasteiger partial charge in [0.25, 0.3) is 0 Å². The van der Waals surface area contributed by atoms with Gasteiger partial charge in [0.05, 0.1) is 16.8 Å². The smallest absolute Gasteiger partial charge is 0.346 e. The summed E-state index contributed by atoms with van der Waals surface area (Å²) in [6.45, 7) is 7.62. The number of hydrazone groups is 1. The molecule has 0 aliphatic rings. The maximum Gasteiger partial charge on any atom is 0.416 e. The Bertz CT molecular complexity index is 1050. The Morgan fingerprint density at radius 3 is 2.25 bits per heavy atom. The number of carbonyl (C=O) groups excluding carboxylic acids is 2. The maximum absolute atomic E-state index is 13.0. The quantitative estimate of drug-likeness (QED) is 0.463. The number of amides is 2. The molecule has 0 bridgehead atoms. The van der Waals surface area contributed by atoms with Gasteiger partial charge in [0.2, 0.25) is 11.8 Å². The van der Waals surface area contributed by atoms with Crippen molar-refractivity contribution in [3.8, 4) is 0 Å². The summed E-state index contributed by atoms with van der Waals surface area (Å²) in [6, 6.07) is 9.99. The van der Waals surface area contributed by atoms with Crippen LogP contribution in [0.5, 0.6) is 0 Å². The van der Waals surface area contributed by atoms with Crippen LogP contribution < -0.4 is 5.32 Å². The van der Waals surface area contributed by atoms with Crippen LogP contribution in [0, 0.1) is 6.92 Å². The van der Waals surface area contributed by atoms with Crippen LogP contribution in [0.3, 0.4) is 0 Å². The summed E-state index contributed by atoms with van der Waals surface area (Å²) in [4.78, 5) is 24.7. The summed E-state index contributed by atoms with van der Waals surface area (Å²) >= 11 is 5.97. The molecule has 2 aromatic carbocycles. The van der Waals surface area contributed by atoms with E-state index in [1.165, 1.54) is 19.1 Å². The zero-order chi connectivity index (χ0) is 24.3. The van der Waals surface area contributed by atoms with E-state index in [2.05, 4.69) is 10.4 Å². The number of rotatable bonds is 6. The van der Waals surface area contributed by atoms with Crippen molar-refractivity contribution in [1.29, 1.82) is 0 Å². The average Bonchev–Trinajstić information content (AvgIpc) is 2.66. The topological polar surface area (TPSA) is 61.8 Å². The lowest BCUT2D eigenvalue weighted by atomic mass is 9.92. The van der Waals surface area contributed by atoms with Crippen LogP contribution in [0.25, 0.3) is 0 Å². The molecule has 0 aliphatic carbocycles. The third-order valence-electron chi connectivity index (χ3n) is 4.87. The molecule has 0 unspecified atom stereocenters. The number of nitrogens with zero attached hydrogens (tertiary/aromatic N) is 2. The third-order valence-corrected chi connectivity index (χ3v) is 5.10. The second-order valence-corrected chi connectivity index (χ2v) is 8.41. The van der Waals surface area contributed by atoms with Gasteiger partial charge in [-0.1, -0.05) is 29.8 Å². The molecule has 1 N–H and O–H groups in total.